The molecular formula is C23H33FInN3O4. The Kier molecular flexibility index (Phi) is 6.14. The molecule has 3 heterocycles. The van der Waals surface area contributed by atoms with Crippen LogP contribution in [0.1, 0.15) is 47.0 Å². The number of carboxylic acids is 1. The molecule has 1 amide bonds. The zero-order valence-corrected chi connectivity index (χ0v) is 22.7. The van der Waals surface area contributed by atoms with Crippen LogP contribution >= 0.6 is 0 Å². The van der Waals surface area contributed by atoms with Crippen LogP contribution in [0.25, 0.3) is 0 Å². The number of allylic oxidation sites excluding steroid dienone is 1. The molecule has 174 valence electrons. The quantitative estimate of drug-likeness (QED) is 0.469. The zero-order chi connectivity index (χ0) is 23.6. The van der Waals surface area contributed by atoms with Crippen molar-refractivity contribution in [1.82, 2.24) is 9.80 Å². The van der Waals surface area contributed by atoms with E-state index in [2.05, 4.69) is 23.6 Å². The van der Waals surface area contributed by atoms with E-state index in [4.69, 9.17) is 5.73 Å². The molecule has 7 nitrogen and oxygen atoms in total. The van der Waals surface area contributed by atoms with E-state index in [0.29, 0.717) is 33.9 Å². The minimum absolute atomic E-state index is 0.209. The molecule has 2 fully saturated rings. The Morgan fingerprint density at radius 3 is 2.41 bits per heavy atom. The van der Waals surface area contributed by atoms with Crippen LogP contribution in [-0.2, 0) is 14.4 Å². The molecule has 5 atom stereocenters. The summed E-state index contributed by atoms with van der Waals surface area (Å²) >= 11 is -2.27. The van der Waals surface area contributed by atoms with Gasteiger partial charge >= 0.3 is 200 Å². The number of primary amides is 1. The average Bonchev–Trinajstić information content (AvgIpc) is 3.40. The van der Waals surface area contributed by atoms with Crippen LogP contribution < -0.4 is 5.73 Å². The molecule has 0 spiro atoms. The fraction of sp³-hybridized carbons (Fsp3) is 0.739. The number of fused-ring (bicyclic) bond motifs is 1. The van der Waals surface area contributed by atoms with Gasteiger partial charge in [-0.25, -0.2) is 0 Å². The molecule has 3 N–H and O–H groups in total. The van der Waals surface area contributed by atoms with Gasteiger partial charge in [0.25, 0.3) is 0 Å². The van der Waals surface area contributed by atoms with Crippen molar-refractivity contribution in [2.75, 3.05) is 26.2 Å². The third-order valence-corrected chi connectivity index (χ3v) is 14.1. The first kappa shape index (κ1) is 23.9. The molecule has 0 aromatic rings. The fourth-order valence-corrected chi connectivity index (χ4v) is 13.1. The number of ketones is 1. The number of likely N-dealkylation sites (N-methyl/N-ethyl adjacent to an activating group) is 1. The summed E-state index contributed by atoms with van der Waals surface area (Å²) in [6.07, 6.45) is 1.06. The first-order valence-electron chi connectivity index (χ1n) is 11.8. The Balaban J connectivity index is 1.91. The normalized spacial score (nSPS) is 38.4. The summed E-state index contributed by atoms with van der Waals surface area (Å²) < 4.78 is 15.1. The van der Waals surface area contributed by atoms with Crippen molar-refractivity contribution in [3.8, 4) is 0 Å². The number of alkyl halides is 1. The van der Waals surface area contributed by atoms with Gasteiger partial charge in [-0.3, -0.25) is 0 Å². The van der Waals surface area contributed by atoms with Crippen molar-refractivity contribution < 1.29 is 23.9 Å². The predicted molar refractivity (Wildman–Crippen MR) is 120 cm³/mol. The van der Waals surface area contributed by atoms with Crippen LogP contribution in [0.15, 0.2) is 11.3 Å². The molecule has 4 rings (SSSR count). The number of aliphatic carboxylic acids is 1. The van der Waals surface area contributed by atoms with Gasteiger partial charge in [-0.1, -0.05) is 0 Å². The number of halogens is 1. The Bertz CT molecular complexity index is 928. The Morgan fingerprint density at radius 1 is 1.28 bits per heavy atom. The van der Waals surface area contributed by atoms with Gasteiger partial charge in [0.2, 0.25) is 0 Å². The predicted octanol–water partition coefficient (Wildman–Crippen LogP) is 1.03. The van der Waals surface area contributed by atoms with Crippen LogP contribution in [0.5, 0.6) is 0 Å². The molecule has 0 radical (unpaired) electrons. The van der Waals surface area contributed by atoms with Crippen molar-refractivity contribution in [2.45, 2.75) is 56.4 Å². The van der Waals surface area contributed by atoms with E-state index in [1.807, 2.05) is 13.8 Å². The number of carbonyl (C=O) groups excluding carboxylic acids is 2. The number of carboxylic acid groups (broad SMARTS) is 1. The molecule has 4 aliphatic rings. The standard InChI is InChI=1S/C23H33FN3O4.In/c1-5-26(6-2)9-10-27-14(4)19(21(25)29)13(3)20(27)17-11-16(28)12-18(24)23(17,22(30)31)15-7-8-15;/h13-15,19H,5-10,12H2,1-4H3,(H2,25,29)(H,30,31);/b20-17+;. The number of hydrogen-bond donors (Lipinski definition) is 2. The first-order chi connectivity index (χ1) is 15.0. The second-order valence-corrected chi connectivity index (χ2v) is 14.9. The van der Waals surface area contributed by atoms with Crippen molar-refractivity contribution in [3.05, 3.63) is 11.3 Å². The Morgan fingerprint density at radius 2 is 1.91 bits per heavy atom. The second-order valence-electron chi connectivity index (χ2n) is 9.85. The number of nitrogens with two attached hydrogens (primary N) is 1. The molecule has 3 aliphatic heterocycles. The van der Waals surface area contributed by atoms with Gasteiger partial charge in [0, 0.05) is 0 Å². The monoisotopic (exact) mass is 549 g/mol. The summed E-state index contributed by atoms with van der Waals surface area (Å²) in [6.45, 7) is 11.1. The molecule has 5 unspecified atom stereocenters. The molecule has 0 aromatic heterocycles. The third kappa shape index (κ3) is 3.16. The van der Waals surface area contributed by atoms with Crippen LogP contribution in [-0.4, -0.2) is 93.9 Å². The molecule has 32 heavy (non-hydrogen) atoms. The van der Waals surface area contributed by atoms with Crippen LogP contribution in [0.2, 0.25) is 0 Å². The number of Topliss-reactive ketones (excluding diaryl/α,β-unsaturated/α-hetero) is 1. The van der Waals surface area contributed by atoms with Gasteiger partial charge in [-0.2, -0.15) is 0 Å². The summed E-state index contributed by atoms with van der Waals surface area (Å²) in [5.41, 5.74) is 5.32. The van der Waals surface area contributed by atoms with E-state index in [9.17, 15) is 19.5 Å². The SMILES string of the molecule is CCN(CC)CCN1/C(=C2\[C]3=[In][C](F)(CC3=O)C2(C(=O)O)C2CC2)C(C)C(C(N)=O)C1C. The van der Waals surface area contributed by atoms with Crippen molar-refractivity contribution in [2.24, 2.45) is 28.9 Å². The van der Waals surface area contributed by atoms with Crippen LogP contribution in [0.4, 0.5) is 4.39 Å². The summed E-state index contributed by atoms with van der Waals surface area (Å²) in [4.78, 5) is 42.5. The van der Waals surface area contributed by atoms with Crippen LogP contribution in [0.3, 0.4) is 0 Å². The number of rotatable bonds is 8. The summed E-state index contributed by atoms with van der Waals surface area (Å²) in [6, 6.07) is -0.232. The Hall–Kier alpha value is -1.22. The number of hydrogen-bond acceptors (Lipinski definition) is 5. The first-order valence-corrected chi connectivity index (χ1v) is 15.1. The molecule has 0 aromatic carbocycles. The number of nitrogens with zero attached hydrogens (tertiary/aromatic N) is 2. The maximum atomic E-state index is 16.4. The van der Waals surface area contributed by atoms with Gasteiger partial charge in [-0.05, 0) is 0 Å². The van der Waals surface area contributed by atoms with E-state index in [-0.39, 0.29) is 30.1 Å². The molecule has 1 aliphatic carbocycles. The van der Waals surface area contributed by atoms with Gasteiger partial charge in [-0.15, -0.1) is 0 Å². The molecule has 2 bridgehead atoms. The zero-order valence-electron chi connectivity index (χ0n) is 19.4. The van der Waals surface area contributed by atoms with Gasteiger partial charge in [0.15, 0.2) is 0 Å². The van der Waals surface area contributed by atoms with Crippen molar-refractivity contribution in [3.63, 3.8) is 0 Å². The molecule has 1 saturated carbocycles. The number of likely N-dealkylation sites (tertiary alicyclic amines) is 1. The summed E-state index contributed by atoms with van der Waals surface area (Å²) in [5, 5.41) is 10.5. The topological polar surface area (TPSA) is 104 Å². The molecule has 9 heteroatoms. The van der Waals surface area contributed by atoms with Crippen LogP contribution in [0, 0.1) is 23.2 Å². The van der Waals surface area contributed by atoms with E-state index in [1.165, 1.54) is 0 Å². The van der Waals surface area contributed by atoms with E-state index < -0.39 is 49.1 Å². The van der Waals surface area contributed by atoms with E-state index >= 15 is 4.39 Å². The van der Waals surface area contributed by atoms with Crippen molar-refractivity contribution in [1.29, 1.82) is 0 Å². The molecule has 1 saturated heterocycles. The summed E-state index contributed by atoms with van der Waals surface area (Å²) in [7, 11) is 0. The number of carbonyl (C=O) groups is 3. The second kappa shape index (κ2) is 8.22. The third-order valence-electron chi connectivity index (χ3n) is 8.36. The summed E-state index contributed by atoms with van der Waals surface area (Å²) in [5.74, 6) is -2.90. The Labute approximate surface area is 199 Å². The average molecular weight is 549 g/mol. The van der Waals surface area contributed by atoms with Gasteiger partial charge in [0.05, 0.1) is 0 Å². The van der Waals surface area contributed by atoms with Gasteiger partial charge in [0.1, 0.15) is 0 Å². The molecular weight excluding hydrogens is 516 g/mol. The van der Waals surface area contributed by atoms with Crippen molar-refractivity contribution >= 4 is 43.3 Å². The minimum atomic E-state index is -2.27. The number of amides is 1. The van der Waals surface area contributed by atoms with Gasteiger partial charge < -0.3 is 0 Å². The van der Waals surface area contributed by atoms with E-state index in [1.54, 1.807) is 0 Å². The fourth-order valence-electron chi connectivity index (χ4n) is 6.66. The van der Waals surface area contributed by atoms with E-state index in [0.717, 1.165) is 19.6 Å². The maximum absolute atomic E-state index is 16.4.